The number of hydrogen-bond donors (Lipinski definition) is 0. The topological polar surface area (TPSA) is 39.1 Å². The largest absolute Gasteiger partial charge is 0.358 e. The Kier molecular flexibility index (Phi) is 4.47. The van der Waals surface area contributed by atoms with Crippen molar-refractivity contribution in [1.82, 2.24) is 9.80 Å². The van der Waals surface area contributed by atoms with Crippen molar-refractivity contribution in [1.29, 1.82) is 0 Å². The van der Waals surface area contributed by atoms with E-state index in [1.807, 2.05) is 6.07 Å². The Morgan fingerprint density at radius 2 is 2.04 bits per heavy atom. The van der Waals surface area contributed by atoms with E-state index in [2.05, 4.69) is 28.6 Å². The molecule has 0 saturated carbocycles. The highest BCUT2D eigenvalue weighted by atomic mass is 19.1. The number of aliphatic imine (C=N–C) groups is 1. The van der Waals surface area contributed by atoms with E-state index in [-0.39, 0.29) is 11.8 Å². The van der Waals surface area contributed by atoms with Gasteiger partial charge in [0.05, 0.1) is 0 Å². The minimum absolute atomic E-state index is 0.255. The zero-order chi connectivity index (χ0) is 18.3. The highest BCUT2D eigenvalue weighted by Gasteiger charge is 2.55. The van der Waals surface area contributed by atoms with Crippen molar-refractivity contribution in [3.63, 3.8) is 0 Å². The summed E-state index contributed by atoms with van der Waals surface area (Å²) in [5, 5.41) is 0. The van der Waals surface area contributed by atoms with Crippen molar-refractivity contribution in [3.8, 4) is 0 Å². The van der Waals surface area contributed by atoms with Gasteiger partial charge in [-0.25, -0.2) is 9.18 Å². The van der Waals surface area contributed by atoms with Crippen LogP contribution in [0.1, 0.15) is 39.5 Å². The summed E-state index contributed by atoms with van der Waals surface area (Å²) in [6.07, 6.45) is 3.95. The maximum atomic E-state index is 13.9. The molecule has 6 heteroatoms. The first kappa shape index (κ1) is 17.5. The number of amides is 2. The number of amidine groups is 1. The average Bonchev–Trinajstić information content (AvgIpc) is 3.22. The third-order valence-corrected chi connectivity index (χ3v) is 6.18. The maximum absolute atomic E-state index is 13.9. The maximum Gasteiger partial charge on any atom is 0.350 e. The Hall–Kier alpha value is -1.95. The number of piperidine rings is 1. The quantitative estimate of drug-likeness (QED) is 0.812. The molecule has 0 aromatic heterocycles. The average molecular weight is 358 g/mol. The van der Waals surface area contributed by atoms with Crippen LogP contribution in [0, 0.1) is 5.82 Å². The van der Waals surface area contributed by atoms with Gasteiger partial charge in [-0.05, 0) is 57.4 Å². The van der Waals surface area contributed by atoms with E-state index in [4.69, 9.17) is 0 Å². The molecule has 140 valence electrons. The fourth-order valence-corrected chi connectivity index (χ4v) is 4.94. The molecule has 5 nitrogen and oxygen atoms in total. The highest BCUT2D eigenvalue weighted by Crippen LogP contribution is 2.42. The smallest absolute Gasteiger partial charge is 0.350 e. The van der Waals surface area contributed by atoms with Crippen LogP contribution in [0.25, 0.3) is 0 Å². The van der Waals surface area contributed by atoms with Crippen LogP contribution in [-0.2, 0) is 0 Å². The normalized spacial score (nSPS) is 29.7. The van der Waals surface area contributed by atoms with Gasteiger partial charge in [0.15, 0.2) is 0 Å². The second kappa shape index (κ2) is 6.65. The van der Waals surface area contributed by atoms with Gasteiger partial charge >= 0.3 is 6.03 Å². The molecule has 3 aliphatic heterocycles. The Labute approximate surface area is 154 Å². The fraction of sp³-hybridized carbons (Fsp3) is 0.600. The van der Waals surface area contributed by atoms with Crippen molar-refractivity contribution < 1.29 is 9.18 Å². The first-order valence-electron chi connectivity index (χ1n) is 9.73. The molecular formula is C20H27FN4O. The molecule has 2 atom stereocenters. The SMILES string of the molecule is CCN1CC[C@@]2(C[C@@H]1C)C(N1CCCC1)=NC(=O)N2c1cccc(F)c1. The molecule has 3 aliphatic rings. The molecule has 2 amide bonds. The number of carbonyl (C=O) groups is 1. The number of rotatable bonds is 2. The number of anilines is 1. The summed E-state index contributed by atoms with van der Waals surface area (Å²) in [7, 11) is 0. The molecule has 26 heavy (non-hydrogen) atoms. The van der Waals surface area contributed by atoms with Crippen LogP contribution in [0.5, 0.6) is 0 Å². The van der Waals surface area contributed by atoms with Crippen molar-refractivity contribution in [2.24, 2.45) is 4.99 Å². The van der Waals surface area contributed by atoms with Gasteiger partial charge in [-0.2, -0.15) is 4.99 Å². The minimum atomic E-state index is -0.458. The monoisotopic (exact) mass is 358 g/mol. The zero-order valence-corrected chi connectivity index (χ0v) is 15.6. The van der Waals surface area contributed by atoms with Gasteiger partial charge < -0.3 is 9.80 Å². The molecule has 1 aromatic carbocycles. The Bertz CT molecular complexity index is 730. The number of urea groups is 1. The van der Waals surface area contributed by atoms with E-state index in [9.17, 15) is 9.18 Å². The third kappa shape index (κ3) is 2.71. The van der Waals surface area contributed by atoms with E-state index in [0.717, 1.165) is 57.7 Å². The molecule has 0 bridgehead atoms. The number of carbonyl (C=O) groups excluding carboxylic acids is 1. The number of halogens is 1. The first-order valence-corrected chi connectivity index (χ1v) is 9.73. The van der Waals surface area contributed by atoms with Crippen molar-refractivity contribution in [3.05, 3.63) is 30.1 Å². The van der Waals surface area contributed by atoms with Gasteiger partial charge in [0.25, 0.3) is 0 Å². The predicted molar refractivity (Wildman–Crippen MR) is 101 cm³/mol. The number of likely N-dealkylation sites (tertiary alicyclic amines) is 2. The molecule has 4 rings (SSSR count). The van der Waals surface area contributed by atoms with E-state index in [1.165, 1.54) is 12.1 Å². The van der Waals surface area contributed by atoms with Crippen LogP contribution in [-0.4, -0.2) is 59.4 Å². The van der Waals surface area contributed by atoms with Crippen molar-refractivity contribution in [2.75, 3.05) is 31.1 Å². The molecule has 1 spiro atoms. The number of benzene rings is 1. The molecule has 3 heterocycles. The van der Waals surface area contributed by atoms with E-state index >= 15 is 0 Å². The van der Waals surface area contributed by atoms with Crippen molar-refractivity contribution in [2.45, 2.75) is 51.1 Å². The lowest BCUT2D eigenvalue weighted by Gasteiger charge is -2.49. The second-order valence-electron chi connectivity index (χ2n) is 7.69. The molecule has 0 N–H and O–H groups in total. The Morgan fingerprint density at radius 3 is 2.69 bits per heavy atom. The highest BCUT2D eigenvalue weighted by molar-refractivity contribution is 6.16. The number of nitrogens with zero attached hydrogens (tertiary/aromatic N) is 4. The summed E-state index contributed by atoms with van der Waals surface area (Å²) in [6.45, 7) is 8.23. The second-order valence-corrected chi connectivity index (χ2v) is 7.69. The Balaban J connectivity index is 1.77. The van der Waals surface area contributed by atoms with Crippen molar-refractivity contribution >= 4 is 17.6 Å². The summed E-state index contributed by atoms with van der Waals surface area (Å²) >= 11 is 0. The number of hydrogen-bond acceptors (Lipinski definition) is 3. The lowest BCUT2D eigenvalue weighted by atomic mass is 9.80. The molecule has 0 unspecified atom stereocenters. The third-order valence-electron chi connectivity index (χ3n) is 6.18. The summed E-state index contributed by atoms with van der Waals surface area (Å²) in [4.78, 5) is 24.0. The molecular weight excluding hydrogens is 331 g/mol. The zero-order valence-electron chi connectivity index (χ0n) is 15.6. The van der Waals surface area contributed by atoms with Gasteiger partial charge in [-0.15, -0.1) is 0 Å². The fourth-order valence-electron chi connectivity index (χ4n) is 4.94. The Morgan fingerprint density at radius 1 is 1.27 bits per heavy atom. The van der Waals surface area contributed by atoms with E-state index in [0.29, 0.717) is 11.7 Å². The van der Waals surface area contributed by atoms with Crippen LogP contribution in [0.3, 0.4) is 0 Å². The molecule has 0 aliphatic carbocycles. The standard InChI is InChI=1S/C20H27FN4O/c1-3-23-12-9-20(14-15(23)2)18(24-10-4-5-11-24)22-19(26)25(20)17-8-6-7-16(21)13-17/h6-8,13,15H,3-5,9-12,14H2,1-2H3/t15-,20+/m0/s1. The van der Waals surface area contributed by atoms with Crippen LogP contribution < -0.4 is 4.90 Å². The summed E-state index contributed by atoms with van der Waals surface area (Å²) < 4.78 is 13.9. The molecule has 1 aromatic rings. The van der Waals surface area contributed by atoms with Crippen LogP contribution in [0.15, 0.2) is 29.3 Å². The molecule has 2 fully saturated rings. The van der Waals surface area contributed by atoms with Gasteiger partial charge in [0, 0.05) is 31.4 Å². The van der Waals surface area contributed by atoms with Gasteiger partial charge in [0.2, 0.25) is 0 Å². The van der Waals surface area contributed by atoms with Crippen LogP contribution in [0.4, 0.5) is 14.9 Å². The summed E-state index contributed by atoms with van der Waals surface area (Å²) in [5.41, 5.74) is 0.158. The predicted octanol–water partition coefficient (Wildman–Crippen LogP) is 3.50. The molecule has 2 saturated heterocycles. The lowest BCUT2D eigenvalue weighted by Crippen LogP contribution is -2.63. The summed E-state index contributed by atoms with van der Waals surface area (Å²) in [5.74, 6) is 0.589. The van der Waals surface area contributed by atoms with Crippen LogP contribution in [0.2, 0.25) is 0 Å². The lowest BCUT2D eigenvalue weighted by molar-refractivity contribution is 0.133. The minimum Gasteiger partial charge on any atom is -0.358 e. The van der Waals surface area contributed by atoms with E-state index in [1.54, 1.807) is 11.0 Å². The van der Waals surface area contributed by atoms with Gasteiger partial charge in [0.1, 0.15) is 17.2 Å². The van der Waals surface area contributed by atoms with E-state index < -0.39 is 5.54 Å². The summed E-state index contributed by atoms with van der Waals surface area (Å²) in [6, 6.07) is 6.46. The van der Waals surface area contributed by atoms with Crippen LogP contribution >= 0.6 is 0 Å². The van der Waals surface area contributed by atoms with Gasteiger partial charge in [-0.3, -0.25) is 4.90 Å². The molecule has 0 radical (unpaired) electrons. The van der Waals surface area contributed by atoms with Gasteiger partial charge in [-0.1, -0.05) is 13.0 Å². The first-order chi connectivity index (χ1) is 12.5.